The van der Waals surface area contributed by atoms with Gasteiger partial charge in [0.1, 0.15) is 0 Å². The summed E-state index contributed by atoms with van der Waals surface area (Å²) in [6, 6.07) is 0.264. The van der Waals surface area contributed by atoms with Gasteiger partial charge in [-0.15, -0.1) is 0 Å². The quantitative estimate of drug-likeness (QED) is 0.488. The first-order valence-electron chi connectivity index (χ1n) is 2.33. The van der Waals surface area contributed by atoms with Crippen LogP contribution in [0.4, 0.5) is 0 Å². The molecule has 1 aliphatic rings. The smallest absolute Gasteiger partial charge is 0.0805 e. The van der Waals surface area contributed by atoms with Crippen LogP contribution in [0.3, 0.4) is 0 Å². The van der Waals surface area contributed by atoms with E-state index in [2.05, 4.69) is 4.99 Å². The monoisotopic (exact) mass is 96.1 g/mol. The maximum atomic E-state index is 5.27. The highest BCUT2D eigenvalue weighted by Gasteiger charge is 1.97. The molecule has 0 saturated heterocycles. The Hall–Kier alpha value is -0.630. The van der Waals surface area contributed by atoms with Crippen LogP contribution in [0.2, 0.25) is 0 Å². The molecule has 0 aromatic heterocycles. The van der Waals surface area contributed by atoms with Gasteiger partial charge in [-0.1, -0.05) is 6.08 Å². The molecule has 0 aliphatic carbocycles. The minimum Gasteiger partial charge on any atom is -0.328 e. The summed E-state index contributed by atoms with van der Waals surface area (Å²) in [5, 5.41) is 0. The van der Waals surface area contributed by atoms with Crippen molar-refractivity contribution < 1.29 is 0 Å². The van der Waals surface area contributed by atoms with Gasteiger partial charge in [-0.25, -0.2) is 0 Å². The molecule has 38 valence electrons. The molecule has 0 spiro atoms. The fourth-order valence-electron chi connectivity index (χ4n) is 0.527. The number of nitrogens with two attached hydrogens (primary N) is 1. The van der Waals surface area contributed by atoms with Crippen molar-refractivity contribution in [2.24, 2.45) is 10.7 Å². The fourth-order valence-corrected chi connectivity index (χ4v) is 0.527. The van der Waals surface area contributed by atoms with E-state index in [0.717, 1.165) is 0 Å². The standard InChI is InChI=1S/C5H8N2/c6-4-5-2-1-3-7-5/h1-3,5H,4,6H2. The molecule has 0 bridgehead atoms. The molecule has 2 N–H and O–H groups in total. The maximum absolute atomic E-state index is 5.27. The fraction of sp³-hybridized carbons (Fsp3) is 0.400. The number of allylic oxidation sites excluding steroid dienone is 1. The van der Waals surface area contributed by atoms with Gasteiger partial charge in [0.25, 0.3) is 0 Å². The normalized spacial score (nSPS) is 26.7. The van der Waals surface area contributed by atoms with E-state index < -0.39 is 0 Å². The zero-order chi connectivity index (χ0) is 5.11. The molecule has 0 aromatic rings. The summed E-state index contributed by atoms with van der Waals surface area (Å²) in [6.45, 7) is 0.632. The Morgan fingerprint density at radius 3 is 2.86 bits per heavy atom. The maximum Gasteiger partial charge on any atom is 0.0805 e. The summed E-state index contributed by atoms with van der Waals surface area (Å²) in [6.07, 6.45) is 5.68. The molecule has 0 aromatic carbocycles. The predicted octanol–water partition coefficient (Wildman–Crippen LogP) is -0.0457. The van der Waals surface area contributed by atoms with Crippen LogP contribution in [0.25, 0.3) is 0 Å². The number of hydrogen-bond donors (Lipinski definition) is 1. The average Bonchev–Trinajstić information content (AvgIpc) is 2.14. The van der Waals surface area contributed by atoms with Crippen LogP contribution in [-0.2, 0) is 0 Å². The van der Waals surface area contributed by atoms with Crippen LogP contribution in [0.1, 0.15) is 0 Å². The summed E-state index contributed by atoms with van der Waals surface area (Å²) in [7, 11) is 0. The highest BCUT2D eigenvalue weighted by atomic mass is 14.8. The predicted molar refractivity (Wildman–Crippen MR) is 30.5 cm³/mol. The van der Waals surface area contributed by atoms with E-state index in [4.69, 9.17) is 5.73 Å². The van der Waals surface area contributed by atoms with Crippen LogP contribution < -0.4 is 5.73 Å². The van der Waals surface area contributed by atoms with E-state index in [0.29, 0.717) is 6.54 Å². The van der Waals surface area contributed by atoms with Crippen molar-refractivity contribution in [3.8, 4) is 0 Å². The Morgan fingerprint density at radius 2 is 2.57 bits per heavy atom. The molecule has 2 nitrogen and oxygen atoms in total. The molecule has 7 heavy (non-hydrogen) atoms. The lowest BCUT2D eigenvalue weighted by Gasteiger charge is -1.93. The molecular formula is C5H8N2. The van der Waals surface area contributed by atoms with Crippen molar-refractivity contribution in [3.05, 3.63) is 12.2 Å². The first-order valence-corrected chi connectivity index (χ1v) is 2.33. The van der Waals surface area contributed by atoms with Crippen molar-refractivity contribution in [1.29, 1.82) is 0 Å². The molecule has 0 amide bonds. The molecule has 1 heterocycles. The van der Waals surface area contributed by atoms with Crippen LogP contribution >= 0.6 is 0 Å². The van der Waals surface area contributed by atoms with Gasteiger partial charge in [0.15, 0.2) is 0 Å². The first-order chi connectivity index (χ1) is 3.43. The Labute approximate surface area is 42.7 Å². The second kappa shape index (κ2) is 1.89. The topological polar surface area (TPSA) is 38.4 Å². The molecule has 1 rings (SSSR count). The molecule has 0 fully saturated rings. The van der Waals surface area contributed by atoms with Crippen molar-refractivity contribution in [1.82, 2.24) is 0 Å². The van der Waals surface area contributed by atoms with Crippen molar-refractivity contribution in [3.63, 3.8) is 0 Å². The van der Waals surface area contributed by atoms with E-state index in [1.165, 1.54) is 0 Å². The molecular weight excluding hydrogens is 88.1 g/mol. The zero-order valence-corrected chi connectivity index (χ0v) is 4.04. The Morgan fingerprint density at radius 1 is 1.71 bits per heavy atom. The molecule has 0 radical (unpaired) electrons. The molecule has 1 aliphatic heterocycles. The Balaban J connectivity index is 2.44. The Kier molecular flexibility index (Phi) is 1.22. The van der Waals surface area contributed by atoms with E-state index >= 15 is 0 Å². The number of aliphatic imine (C=N–C) groups is 1. The van der Waals surface area contributed by atoms with Gasteiger partial charge in [0.2, 0.25) is 0 Å². The van der Waals surface area contributed by atoms with E-state index in [1.54, 1.807) is 6.21 Å². The number of nitrogens with zero attached hydrogens (tertiary/aromatic N) is 1. The summed E-state index contributed by atoms with van der Waals surface area (Å²) in [5.74, 6) is 0. The van der Waals surface area contributed by atoms with Gasteiger partial charge in [-0.3, -0.25) is 4.99 Å². The van der Waals surface area contributed by atoms with Gasteiger partial charge in [-0.05, 0) is 6.08 Å². The lowest BCUT2D eigenvalue weighted by molar-refractivity contribution is 0.841. The lowest BCUT2D eigenvalue weighted by atomic mass is 10.3. The summed E-state index contributed by atoms with van der Waals surface area (Å²) in [4.78, 5) is 3.99. The van der Waals surface area contributed by atoms with E-state index in [1.807, 2.05) is 12.2 Å². The van der Waals surface area contributed by atoms with Gasteiger partial charge >= 0.3 is 0 Å². The Bertz CT molecular complexity index is 92.6. The molecule has 1 atom stereocenters. The van der Waals surface area contributed by atoms with Gasteiger partial charge in [0, 0.05) is 12.8 Å². The van der Waals surface area contributed by atoms with Crippen LogP contribution in [0.15, 0.2) is 17.1 Å². The third kappa shape index (κ3) is 0.871. The van der Waals surface area contributed by atoms with Gasteiger partial charge in [-0.2, -0.15) is 0 Å². The molecule has 2 heteroatoms. The van der Waals surface area contributed by atoms with Gasteiger partial charge < -0.3 is 5.73 Å². The van der Waals surface area contributed by atoms with Gasteiger partial charge in [0.05, 0.1) is 6.04 Å². The SMILES string of the molecule is NCC1C=CC=N1. The summed E-state index contributed by atoms with van der Waals surface area (Å²) < 4.78 is 0. The van der Waals surface area contributed by atoms with E-state index in [9.17, 15) is 0 Å². The zero-order valence-electron chi connectivity index (χ0n) is 4.04. The van der Waals surface area contributed by atoms with Crippen LogP contribution in [0, 0.1) is 0 Å². The number of hydrogen-bond acceptors (Lipinski definition) is 2. The van der Waals surface area contributed by atoms with Crippen molar-refractivity contribution >= 4 is 6.21 Å². The molecule has 0 saturated carbocycles. The summed E-state index contributed by atoms with van der Waals surface area (Å²) >= 11 is 0. The molecule has 1 unspecified atom stereocenters. The van der Waals surface area contributed by atoms with Crippen LogP contribution in [0.5, 0.6) is 0 Å². The average molecular weight is 96.1 g/mol. The largest absolute Gasteiger partial charge is 0.328 e. The minimum absolute atomic E-state index is 0.264. The number of rotatable bonds is 1. The highest BCUT2D eigenvalue weighted by molar-refractivity contribution is 5.74. The second-order valence-corrected chi connectivity index (χ2v) is 1.49. The summed E-state index contributed by atoms with van der Waals surface area (Å²) in [5.41, 5.74) is 5.27. The highest BCUT2D eigenvalue weighted by Crippen LogP contribution is 1.94. The third-order valence-corrected chi connectivity index (χ3v) is 0.938. The van der Waals surface area contributed by atoms with Crippen molar-refractivity contribution in [2.75, 3.05) is 6.54 Å². The second-order valence-electron chi connectivity index (χ2n) is 1.49. The lowest BCUT2D eigenvalue weighted by Crippen LogP contribution is -2.13. The third-order valence-electron chi connectivity index (χ3n) is 0.938. The van der Waals surface area contributed by atoms with Crippen LogP contribution in [-0.4, -0.2) is 18.8 Å². The minimum atomic E-state index is 0.264. The van der Waals surface area contributed by atoms with E-state index in [-0.39, 0.29) is 6.04 Å². The van der Waals surface area contributed by atoms with Crippen molar-refractivity contribution in [2.45, 2.75) is 6.04 Å². The first kappa shape index (κ1) is 4.53.